The standard InChI is InChI=1S/C44H64I6O6/c45-35-31-37(47)43(38(48)32-35)55-29-21-17-13-9-5-1-3-7-11-15-19-25-41(51)53-27-23-24-28-54-42(52)26-20-16-12-8-4-2-6-10-14-18-22-30-56-44-39(49)33-36(46)34-40(44)50/h31-34H,1-30H2. The molecule has 0 radical (unpaired) electrons. The molecule has 2 aromatic rings. The van der Waals surface area contributed by atoms with Crippen LogP contribution < -0.4 is 9.47 Å². The van der Waals surface area contributed by atoms with Crippen LogP contribution in [0.5, 0.6) is 11.5 Å². The van der Waals surface area contributed by atoms with Crippen LogP contribution in [0.3, 0.4) is 0 Å². The Morgan fingerprint density at radius 1 is 0.339 bits per heavy atom. The van der Waals surface area contributed by atoms with Gasteiger partial charge in [0.1, 0.15) is 11.5 Å². The van der Waals surface area contributed by atoms with Crippen molar-refractivity contribution >= 4 is 147 Å². The minimum atomic E-state index is -0.101. The van der Waals surface area contributed by atoms with Gasteiger partial charge in [-0.3, -0.25) is 9.59 Å². The van der Waals surface area contributed by atoms with Gasteiger partial charge >= 0.3 is 11.9 Å². The molecule has 0 N–H and O–H groups in total. The molecule has 12 heteroatoms. The molecule has 0 saturated heterocycles. The molecule has 0 atom stereocenters. The molecule has 0 heterocycles. The summed E-state index contributed by atoms with van der Waals surface area (Å²) in [6.07, 6.45) is 29.1. The van der Waals surface area contributed by atoms with E-state index in [9.17, 15) is 9.59 Å². The van der Waals surface area contributed by atoms with E-state index < -0.39 is 0 Å². The van der Waals surface area contributed by atoms with E-state index >= 15 is 0 Å². The number of unbranched alkanes of at least 4 members (excludes halogenated alkanes) is 21. The first kappa shape index (κ1) is 53.5. The van der Waals surface area contributed by atoms with Crippen LogP contribution in [0.2, 0.25) is 0 Å². The van der Waals surface area contributed by atoms with E-state index in [-0.39, 0.29) is 11.9 Å². The van der Waals surface area contributed by atoms with Crippen LogP contribution in [0.4, 0.5) is 0 Å². The molecule has 56 heavy (non-hydrogen) atoms. The lowest BCUT2D eigenvalue weighted by molar-refractivity contribution is -0.146. The Bertz CT molecular complexity index is 1210. The van der Waals surface area contributed by atoms with E-state index in [1.807, 2.05) is 0 Å². The SMILES string of the molecule is O=C(CCCCCCCCCCCCCOc1c(I)cc(I)cc1I)OCCCCOC(=O)CCCCCCCCCCCCCOc1c(I)cc(I)cc1I. The van der Waals surface area contributed by atoms with Crippen molar-refractivity contribution in [1.29, 1.82) is 0 Å². The number of hydrogen-bond donors (Lipinski definition) is 0. The summed E-state index contributed by atoms with van der Waals surface area (Å²) in [4.78, 5) is 24.1. The monoisotopic (exact) mass is 1450 g/mol. The van der Waals surface area contributed by atoms with Crippen molar-refractivity contribution in [2.24, 2.45) is 0 Å². The third kappa shape index (κ3) is 28.1. The highest BCUT2D eigenvalue weighted by molar-refractivity contribution is 14.1. The Hall–Kier alpha value is 1.36. The normalized spacial score (nSPS) is 11.2. The molecule has 6 nitrogen and oxygen atoms in total. The minimum absolute atomic E-state index is 0.101. The van der Waals surface area contributed by atoms with Crippen molar-refractivity contribution in [3.63, 3.8) is 0 Å². The van der Waals surface area contributed by atoms with Gasteiger partial charge in [0.25, 0.3) is 0 Å². The van der Waals surface area contributed by atoms with Crippen LogP contribution in [-0.2, 0) is 19.1 Å². The van der Waals surface area contributed by atoms with E-state index in [1.54, 1.807) is 0 Å². The summed E-state index contributed by atoms with van der Waals surface area (Å²) in [5.41, 5.74) is 0. The Kier molecular flexibility index (Phi) is 34.3. The van der Waals surface area contributed by atoms with Crippen LogP contribution in [0.25, 0.3) is 0 Å². The second-order valence-corrected chi connectivity index (χ2v) is 21.7. The molecule has 0 aliphatic carbocycles. The smallest absolute Gasteiger partial charge is 0.305 e. The highest BCUT2D eigenvalue weighted by atomic mass is 127. The Labute approximate surface area is 421 Å². The fraction of sp³-hybridized carbons (Fsp3) is 0.682. The first-order chi connectivity index (χ1) is 27.2. The van der Waals surface area contributed by atoms with E-state index in [0.29, 0.717) is 26.1 Å². The van der Waals surface area contributed by atoms with Crippen LogP contribution in [-0.4, -0.2) is 38.4 Å². The predicted molar refractivity (Wildman–Crippen MR) is 282 cm³/mol. The molecule has 0 fully saturated rings. The second kappa shape index (κ2) is 35.9. The van der Waals surface area contributed by atoms with Gasteiger partial charge in [-0.15, -0.1) is 0 Å². The molecule has 0 aliphatic rings. The second-order valence-electron chi connectivity index (χ2n) is 14.5. The average molecular weight is 1450 g/mol. The van der Waals surface area contributed by atoms with Gasteiger partial charge in [-0.05, 0) is 198 Å². The van der Waals surface area contributed by atoms with Gasteiger partial charge in [0.15, 0.2) is 0 Å². The predicted octanol–water partition coefficient (Wildman–Crippen LogP) is 16.0. The van der Waals surface area contributed by atoms with Crippen LogP contribution in [0.15, 0.2) is 24.3 Å². The minimum Gasteiger partial charge on any atom is -0.491 e. The van der Waals surface area contributed by atoms with E-state index in [4.69, 9.17) is 18.9 Å². The van der Waals surface area contributed by atoms with Crippen LogP contribution in [0.1, 0.15) is 167 Å². The number of benzene rings is 2. The quantitative estimate of drug-likeness (QED) is 0.0389. The van der Waals surface area contributed by atoms with Crippen molar-refractivity contribution in [3.05, 3.63) is 45.7 Å². The zero-order valence-electron chi connectivity index (χ0n) is 33.2. The van der Waals surface area contributed by atoms with Gasteiger partial charge in [0.05, 0.1) is 40.7 Å². The topological polar surface area (TPSA) is 71.1 Å². The fourth-order valence-corrected chi connectivity index (χ4v) is 14.1. The molecular formula is C44H64I6O6. The Morgan fingerprint density at radius 2 is 0.571 bits per heavy atom. The van der Waals surface area contributed by atoms with Gasteiger partial charge in [0.2, 0.25) is 0 Å². The maximum atomic E-state index is 12.0. The van der Waals surface area contributed by atoms with E-state index in [0.717, 1.165) is 76.1 Å². The maximum absolute atomic E-state index is 12.0. The van der Waals surface area contributed by atoms with Gasteiger partial charge in [-0.2, -0.15) is 0 Å². The van der Waals surface area contributed by atoms with Crippen molar-refractivity contribution in [2.75, 3.05) is 26.4 Å². The molecule has 2 rings (SSSR count). The number of esters is 2. The summed E-state index contributed by atoms with van der Waals surface area (Å²) < 4.78 is 30.1. The summed E-state index contributed by atoms with van der Waals surface area (Å²) in [5, 5.41) is 0. The van der Waals surface area contributed by atoms with Crippen molar-refractivity contribution in [3.8, 4) is 11.5 Å². The third-order valence-electron chi connectivity index (χ3n) is 9.53. The molecule has 0 amide bonds. The number of carbonyl (C=O) groups excluding carboxylic acids is 2. The van der Waals surface area contributed by atoms with Gasteiger partial charge in [-0.25, -0.2) is 0 Å². The lowest BCUT2D eigenvalue weighted by Crippen LogP contribution is -2.08. The number of hydrogen-bond acceptors (Lipinski definition) is 6. The van der Waals surface area contributed by atoms with Crippen LogP contribution in [0, 0.1) is 21.4 Å². The molecule has 0 spiro atoms. The molecular weight excluding hydrogens is 1390 g/mol. The Balaban J connectivity index is 1.24. The fourth-order valence-electron chi connectivity index (χ4n) is 6.33. The first-order valence-corrected chi connectivity index (χ1v) is 27.5. The van der Waals surface area contributed by atoms with E-state index in [1.165, 1.54) is 124 Å². The van der Waals surface area contributed by atoms with Gasteiger partial charge in [0, 0.05) is 20.0 Å². The summed E-state index contributed by atoms with van der Waals surface area (Å²) in [6, 6.07) is 8.66. The van der Waals surface area contributed by atoms with Crippen molar-refractivity contribution in [2.45, 2.75) is 167 Å². The van der Waals surface area contributed by atoms with E-state index in [2.05, 4.69) is 160 Å². The van der Waals surface area contributed by atoms with Crippen molar-refractivity contribution in [1.82, 2.24) is 0 Å². The lowest BCUT2D eigenvalue weighted by Gasteiger charge is -2.11. The zero-order chi connectivity index (χ0) is 40.6. The Morgan fingerprint density at radius 3 is 0.857 bits per heavy atom. The van der Waals surface area contributed by atoms with Crippen LogP contribution >= 0.6 is 136 Å². The highest BCUT2D eigenvalue weighted by Gasteiger charge is 2.10. The lowest BCUT2D eigenvalue weighted by atomic mass is 10.1. The summed E-state index contributed by atoms with van der Waals surface area (Å²) in [5.74, 6) is 1.87. The summed E-state index contributed by atoms with van der Waals surface area (Å²) >= 11 is 14.2. The number of ether oxygens (including phenoxy) is 4. The highest BCUT2D eigenvalue weighted by Crippen LogP contribution is 2.31. The molecule has 318 valence electrons. The number of carbonyl (C=O) groups is 2. The molecule has 2 aromatic carbocycles. The largest absolute Gasteiger partial charge is 0.491 e. The van der Waals surface area contributed by atoms with Crippen molar-refractivity contribution < 1.29 is 28.5 Å². The average Bonchev–Trinajstić information content (AvgIpc) is 3.14. The van der Waals surface area contributed by atoms with Gasteiger partial charge in [-0.1, -0.05) is 116 Å². The van der Waals surface area contributed by atoms with Gasteiger partial charge < -0.3 is 18.9 Å². The number of halogens is 6. The molecule has 0 aliphatic heterocycles. The molecule has 0 saturated carbocycles. The molecule has 0 bridgehead atoms. The molecule has 0 unspecified atom stereocenters. The first-order valence-electron chi connectivity index (χ1n) is 21.0. The summed E-state index contributed by atoms with van der Waals surface area (Å²) in [6.45, 7) is 2.42. The maximum Gasteiger partial charge on any atom is 0.305 e. The molecule has 0 aromatic heterocycles. The zero-order valence-corrected chi connectivity index (χ0v) is 46.2. The summed E-state index contributed by atoms with van der Waals surface area (Å²) in [7, 11) is 0. The third-order valence-corrected chi connectivity index (χ3v) is 14.0. The number of rotatable bonds is 35.